The zero-order valence-electron chi connectivity index (χ0n) is 9.05. The van der Waals surface area contributed by atoms with E-state index in [1.807, 2.05) is 27.2 Å². The number of nitrogens with zero attached hydrogens (tertiary/aromatic N) is 1. The van der Waals surface area contributed by atoms with E-state index in [0.29, 0.717) is 14.3 Å². The summed E-state index contributed by atoms with van der Waals surface area (Å²) in [6, 6.07) is 3.34. The second-order valence-corrected chi connectivity index (χ2v) is 5.77. The Balaban J connectivity index is 2.69. The van der Waals surface area contributed by atoms with Gasteiger partial charge in [-0.05, 0) is 46.8 Å². The van der Waals surface area contributed by atoms with Gasteiger partial charge in [-0.25, -0.2) is 4.39 Å². The molecular weight excluding hydrogens is 338 g/mol. The van der Waals surface area contributed by atoms with Gasteiger partial charge in [0.25, 0.3) is 0 Å². The molecule has 5 heteroatoms. The molecule has 0 amide bonds. The van der Waals surface area contributed by atoms with Gasteiger partial charge in [0.05, 0.1) is 14.6 Å². The summed E-state index contributed by atoms with van der Waals surface area (Å²) in [6.45, 7) is 5.03. The third-order valence-electron chi connectivity index (χ3n) is 2.36. The van der Waals surface area contributed by atoms with Crippen molar-refractivity contribution in [2.24, 2.45) is 5.92 Å². The lowest BCUT2D eigenvalue weighted by atomic mass is 10.2. The topological polar surface area (TPSA) is 20.7 Å². The number of rotatable bonds is 2. The Morgan fingerprint density at radius 1 is 1.50 bits per heavy atom. The number of hydrogen-bond donors (Lipinski definition) is 1. The third kappa shape index (κ3) is 2.15. The molecule has 0 fully saturated rings. The van der Waals surface area contributed by atoms with Crippen molar-refractivity contribution in [3.05, 3.63) is 26.3 Å². The summed E-state index contributed by atoms with van der Waals surface area (Å²) >= 11 is 7.22. The predicted octanol–water partition coefficient (Wildman–Crippen LogP) is 4.10. The molecule has 0 radical (unpaired) electrons. The maximum absolute atomic E-state index is 13.5. The number of imidazole rings is 1. The number of aromatic amines is 1. The maximum Gasteiger partial charge on any atom is 0.178 e. The van der Waals surface area contributed by atoms with Crippen molar-refractivity contribution in [3.8, 4) is 0 Å². The van der Waals surface area contributed by atoms with Crippen molar-refractivity contribution in [3.63, 3.8) is 0 Å². The summed E-state index contributed by atoms with van der Waals surface area (Å²) in [5.41, 5.74) is 1.74. The van der Waals surface area contributed by atoms with Gasteiger partial charge in [0.1, 0.15) is 5.82 Å². The molecule has 0 saturated carbocycles. The summed E-state index contributed by atoms with van der Waals surface area (Å²) in [7, 11) is 0. The van der Waals surface area contributed by atoms with Crippen molar-refractivity contribution in [2.75, 3.05) is 0 Å². The van der Waals surface area contributed by atoms with Crippen molar-refractivity contribution in [2.45, 2.75) is 20.4 Å². The molecule has 86 valence electrons. The average Bonchev–Trinajstić information content (AvgIpc) is 2.45. The maximum atomic E-state index is 13.5. The average molecular weight is 350 g/mol. The summed E-state index contributed by atoms with van der Waals surface area (Å²) in [5.74, 6) is 0.285. The zero-order valence-corrected chi connectivity index (χ0v) is 12.0. The number of halogens is 2. The fourth-order valence-corrected chi connectivity index (χ4v) is 2.45. The second-order valence-electron chi connectivity index (χ2n) is 4.22. The lowest BCUT2D eigenvalue weighted by Crippen LogP contribution is -2.04. The zero-order chi connectivity index (χ0) is 11.9. The first-order valence-electron chi connectivity index (χ1n) is 5.06. The molecule has 0 saturated heterocycles. The molecule has 1 aromatic heterocycles. The molecule has 0 bridgehead atoms. The number of hydrogen-bond acceptors (Lipinski definition) is 1. The molecule has 1 heterocycles. The SMILES string of the molecule is CC(C)Cn1c(=S)[nH]c2cc(I)c(F)cc21. The van der Waals surface area contributed by atoms with Crippen LogP contribution in [0, 0.1) is 20.1 Å². The molecular formula is C11H12FIN2S. The van der Waals surface area contributed by atoms with Crippen LogP contribution in [0.25, 0.3) is 11.0 Å². The molecule has 0 atom stereocenters. The van der Waals surface area contributed by atoms with Crippen molar-refractivity contribution in [1.29, 1.82) is 0 Å². The summed E-state index contributed by atoms with van der Waals surface area (Å²) in [6.07, 6.45) is 0. The van der Waals surface area contributed by atoms with Crippen molar-refractivity contribution in [1.82, 2.24) is 9.55 Å². The smallest absolute Gasteiger partial charge is 0.178 e. The van der Waals surface area contributed by atoms with Crippen LogP contribution in [0.2, 0.25) is 0 Å². The number of H-pyrrole nitrogens is 1. The van der Waals surface area contributed by atoms with E-state index in [9.17, 15) is 4.39 Å². The highest BCUT2D eigenvalue weighted by Crippen LogP contribution is 2.21. The van der Waals surface area contributed by atoms with Gasteiger partial charge in [0.2, 0.25) is 0 Å². The van der Waals surface area contributed by atoms with Crippen LogP contribution in [0.4, 0.5) is 4.39 Å². The summed E-state index contributed by atoms with van der Waals surface area (Å²) < 4.78 is 16.7. The molecule has 1 N–H and O–H groups in total. The van der Waals surface area contributed by atoms with E-state index < -0.39 is 0 Å². The van der Waals surface area contributed by atoms with Gasteiger partial charge in [-0.2, -0.15) is 0 Å². The van der Waals surface area contributed by atoms with E-state index >= 15 is 0 Å². The fourth-order valence-electron chi connectivity index (χ4n) is 1.70. The van der Waals surface area contributed by atoms with Crippen LogP contribution in [0.5, 0.6) is 0 Å². The van der Waals surface area contributed by atoms with Crippen LogP contribution in [0.3, 0.4) is 0 Å². The fraction of sp³-hybridized carbons (Fsp3) is 0.364. The number of aromatic nitrogens is 2. The molecule has 0 unspecified atom stereocenters. The van der Waals surface area contributed by atoms with Crippen LogP contribution >= 0.6 is 34.8 Å². The highest BCUT2D eigenvalue weighted by molar-refractivity contribution is 14.1. The predicted molar refractivity (Wildman–Crippen MR) is 74.6 cm³/mol. The molecule has 2 rings (SSSR count). The minimum absolute atomic E-state index is 0.195. The first-order valence-corrected chi connectivity index (χ1v) is 6.55. The van der Waals surface area contributed by atoms with Gasteiger partial charge in [-0.3, -0.25) is 0 Å². The van der Waals surface area contributed by atoms with Crippen LogP contribution in [0.1, 0.15) is 13.8 Å². The van der Waals surface area contributed by atoms with E-state index in [2.05, 4.69) is 18.8 Å². The molecule has 0 aliphatic carbocycles. The molecule has 1 aromatic carbocycles. The first kappa shape index (κ1) is 12.0. The minimum atomic E-state index is -0.195. The van der Waals surface area contributed by atoms with Gasteiger partial charge >= 0.3 is 0 Å². The lowest BCUT2D eigenvalue weighted by molar-refractivity contribution is 0.528. The van der Waals surface area contributed by atoms with Crippen molar-refractivity contribution < 1.29 is 4.39 Å². The minimum Gasteiger partial charge on any atom is -0.331 e. The quantitative estimate of drug-likeness (QED) is 0.639. The highest BCUT2D eigenvalue weighted by Gasteiger charge is 2.09. The van der Waals surface area contributed by atoms with E-state index in [1.165, 1.54) is 0 Å². The largest absolute Gasteiger partial charge is 0.331 e. The van der Waals surface area contributed by atoms with E-state index in [4.69, 9.17) is 12.2 Å². The molecule has 0 spiro atoms. The highest BCUT2D eigenvalue weighted by atomic mass is 127. The van der Waals surface area contributed by atoms with Crippen LogP contribution in [0.15, 0.2) is 12.1 Å². The van der Waals surface area contributed by atoms with Gasteiger partial charge in [-0.15, -0.1) is 0 Å². The van der Waals surface area contributed by atoms with Gasteiger partial charge in [-0.1, -0.05) is 13.8 Å². The molecule has 2 aromatic rings. The Kier molecular flexibility index (Phi) is 3.34. The number of nitrogens with one attached hydrogen (secondary N) is 1. The normalized spacial score (nSPS) is 11.6. The second kappa shape index (κ2) is 4.44. The number of fused-ring (bicyclic) bond motifs is 1. The van der Waals surface area contributed by atoms with E-state index in [-0.39, 0.29) is 5.82 Å². The molecule has 2 nitrogen and oxygen atoms in total. The monoisotopic (exact) mass is 350 g/mol. The number of benzene rings is 1. The van der Waals surface area contributed by atoms with Gasteiger partial charge < -0.3 is 9.55 Å². The Bertz CT molecular complexity index is 585. The Hall–Kier alpha value is -0.430. The molecule has 16 heavy (non-hydrogen) atoms. The van der Waals surface area contributed by atoms with Crippen LogP contribution in [-0.2, 0) is 6.54 Å². The van der Waals surface area contributed by atoms with Gasteiger partial charge in [0.15, 0.2) is 4.77 Å². The molecule has 0 aliphatic rings. The lowest BCUT2D eigenvalue weighted by Gasteiger charge is -2.07. The Morgan fingerprint density at radius 2 is 2.19 bits per heavy atom. The Morgan fingerprint density at radius 3 is 2.81 bits per heavy atom. The van der Waals surface area contributed by atoms with Crippen LogP contribution in [-0.4, -0.2) is 9.55 Å². The van der Waals surface area contributed by atoms with E-state index in [1.54, 1.807) is 12.1 Å². The Labute approximate surface area is 112 Å². The van der Waals surface area contributed by atoms with Crippen molar-refractivity contribution >= 4 is 45.8 Å². The standard InChI is InChI=1S/C11H12FIN2S/c1-6(2)5-15-10-3-7(12)8(13)4-9(10)14-11(15)16/h3-4,6H,5H2,1-2H3,(H,14,16). The van der Waals surface area contributed by atoms with Crippen LogP contribution < -0.4 is 0 Å². The van der Waals surface area contributed by atoms with Gasteiger partial charge in [0, 0.05) is 12.6 Å². The molecule has 0 aliphatic heterocycles. The first-order chi connectivity index (χ1) is 7.49. The summed E-state index contributed by atoms with van der Waals surface area (Å²) in [4.78, 5) is 3.11. The third-order valence-corrected chi connectivity index (χ3v) is 3.51. The summed E-state index contributed by atoms with van der Waals surface area (Å²) in [5, 5.41) is 0. The van der Waals surface area contributed by atoms with E-state index in [0.717, 1.165) is 17.6 Å².